The van der Waals surface area contributed by atoms with Gasteiger partial charge in [0.2, 0.25) is 0 Å². The minimum atomic E-state index is -0.0257. The van der Waals surface area contributed by atoms with E-state index in [0.29, 0.717) is 23.7 Å². The van der Waals surface area contributed by atoms with Crippen LogP contribution in [-0.4, -0.2) is 22.8 Å². The van der Waals surface area contributed by atoms with E-state index in [2.05, 4.69) is 4.98 Å². The zero-order valence-electron chi connectivity index (χ0n) is 13.3. The summed E-state index contributed by atoms with van der Waals surface area (Å²) in [6.45, 7) is 5.02. The molecule has 0 N–H and O–H groups in total. The molecule has 0 aliphatic carbocycles. The maximum Gasteiger partial charge on any atom is 0.271 e. The lowest BCUT2D eigenvalue weighted by atomic mass is 10.1. The molecule has 3 rings (SSSR count). The van der Waals surface area contributed by atoms with Crippen molar-refractivity contribution in [1.82, 2.24) is 9.55 Å². The molecule has 6 heteroatoms. The first-order valence-corrected chi connectivity index (χ1v) is 8.36. The second-order valence-corrected chi connectivity index (χ2v) is 5.89. The number of nitrogens with zero attached hydrogens (tertiary/aromatic N) is 2. The maximum absolute atomic E-state index is 12.2. The van der Waals surface area contributed by atoms with E-state index in [9.17, 15) is 4.79 Å². The van der Waals surface area contributed by atoms with Crippen molar-refractivity contribution in [3.8, 4) is 22.6 Å². The molecule has 0 saturated heterocycles. The van der Waals surface area contributed by atoms with Crippen molar-refractivity contribution in [2.75, 3.05) is 13.2 Å². The van der Waals surface area contributed by atoms with Crippen molar-refractivity contribution in [2.45, 2.75) is 13.8 Å². The highest BCUT2D eigenvalue weighted by Gasteiger charge is 2.14. The first-order valence-electron chi connectivity index (χ1n) is 7.48. The van der Waals surface area contributed by atoms with Crippen molar-refractivity contribution >= 4 is 21.6 Å². The number of hydrogen-bond donors (Lipinski definition) is 0. The Morgan fingerprint density at radius 3 is 2.65 bits per heavy atom. The molecule has 5 nitrogen and oxygen atoms in total. The standard InChI is InChI=1S/C17H18N2O3S/c1-4-21-13-7-6-11(8-14(13)22-5-2)12-9-23-16-15(12)18-10-19(3)17(16)20/h6-10H,4-5H2,1-3H3. The Kier molecular flexibility index (Phi) is 4.34. The lowest BCUT2D eigenvalue weighted by Gasteiger charge is -2.12. The summed E-state index contributed by atoms with van der Waals surface area (Å²) in [4.78, 5) is 16.6. The second kappa shape index (κ2) is 6.42. The van der Waals surface area contributed by atoms with Gasteiger partial charge in [-0.1, -0.05) is 6.07 Å². The van der Waals surface area contributed by atoms with Crippen LogP contribution in [0.5, 0.6) is 11.5 Å². The molecular formula is C17H18N2O3S. The molecule has 0 radical (unpaired) electrons. The molecule has 0 amide bonds. The smallest absolute Gasteiger partial charge is 0.271 e. The third kappa shape index (κ3) is 2.82. The van der Waals surface area contributed by atoms with E-state index in [4.69, 9.17) is 9.47 Å². The number of rotatable bonds is 5. The largest absolute Gasteiger partial charge is 0.490 e. The van der Waals surface area contributed by atoms with Gasteiger partial charge in [-0.05, 0) is 31.5 Å². The third-order valence-electron chi connectivity index (χ3n) is 3.49. The van der Waals surface area contributed by atoms with Gasteiger partial charge in [0.1, 0.15) is 4.70 Å². The van der Waals surface area contributed by atoms with Crippen molar-refractivity contribution in [2.24, 2.45) is 7.05 Å². The summed E-state index contributed by atoms with van der Waals surface area (Å²) in [6.07, 6.45) is 1.55. The Morgan fingerprint density at radius 2 is 1.91 bits per heavy atom. The summed E-state index contributed by atoms with van der Waals surface area (Å²) >= 11 is 1.42. The summed E-state index contributed by atoms with van der Waals surface area (Å²) in [5.41, 5.74) is 2.60. The molecule has 0 unspecified atom stereocenters. The minimum absolute atomic E-state index is 0.0257. The Labute approximate surface area is 138 Å². The Balaban J connectivity index is 2.13. The van der Waals surface area contributed by atoms with Crippen LogP contribution in [0.4, 0.5) is 0 Å². The number of benzene rings is 1. The van der Waals surface area contributed by atoms with E-state index in [1.807, 2.05) is 37.4 Å². The van der Waals surface area contributed by atoms with E-state index >= 15 is 0 Å². The van der Waals surface area contributed by atoms with Crippen LogP contribution in [-0.2, 0) is 7.05 Å². The summed E-state index contributed by atoms with van der Waals surface area (Å²) in [7, 11) is 1.71. The zero-order valence-corrected chi connectivity index (χ0v) is 14.1. The van der Waals surface area contributed by atoms with Crippen molar-refractivity contribution in [3.63, 3.8) is 0 Å². The number of aryl methyl sites for hydroxylation is 1. The van der Waals surface area contributed by atoms with Crippen LogP contribution in [0.15, 0.2) is 34.7 Å². The van der Waals surface area contributed by atoms with E-state index in [-0.39, 0.29) is 5.56 Å². The fourth-order valence-electron chi connectivity index (χ4n) is 2.41. The normalized spacial score (nSPS) is 10.9. The van der Waals surface area contributed by atoms with Crippen LogP contribution < -0.4 is 15.0 Å². The number of hydrogen-bond acceptors (Lipinski definition) is 5. The molecule has 23 heavy (non-hydrogen) atoms. The number of fused-ring (bicyclic) bond motifs is 1. The predicted molar refractivity (Wildman–Crippen MR) is 92.6 cm³/mol. The molecule has 3 aromatic rings. The molecule has 120 valence electrons. The summed E-state index contributed by atoms with van der Waals surface area (Å²) in [5, 5.41) is 1.96. The van der Waals surface area contributed by atoms with Gasteiger partial charge >= 0.3 is 0 Å². The topological polar surface area (TPSA) is 53.4 Å². The highest BCUT2D eigenvalue weighted by atomic mass is 32.1. The molecular weight excluding hydrogens is 312 g/mol. The zero-order chi connectivity index (χ0) is 16.4. The van der Waals surface area contributed by atoms with Crippen molar-refractivity contribution in [1.29, 1.82) is 0 Å². The highest BCUT2D eigenvalue weighted by molar-refractivity contribution is 7.17. The van der Waals surface area contributed by atoms with Crippen molar-refractivity contribution in [3.05, 3.63) is 40.3 Å². The van der Waals surface area contributed by atoms with Crippen LogP contribution in [0, 0.1) is 0 Å². The van der Waals surface area contributed by atoms with Gasteiger partial charge in [-0.3, -0.25) is 4.79 Å². The van der Waals surface area contributed by atoms with Crippen LogP contribution in [0.25, 0.3) is 21.3 Å². The van der Waals surface area contributed by atoms with Gasteiger partial charge in [0.25, 0.3) is 5.56 Å². The number of thiophene rings is 1. The van der Waals surface area contributed by atoms with Gasteiger partial charge in [-0.25, -0.2) is 4.98 Å². The first kappa shape index (κ1) is 15.6. The molecule has 0 saturated carbocycles. The number of ether oxygens (including phenoxy) is 2. The molecule has 0 aliphatic heterocycles. The molecule has 1 aromatic carbocycles. The molecule has 2 heterocycles. The van der Waals surface area contributed by atoms with Gasteiger partial charge in [0.15, 0.2) is 11.5 Å². The summed E-state index contributed by atoms with van der Waals surface area (Å²) in [6, 6.07) is 5.80. The summed E-state index contributed by atoms with van der Waals surface area (Å²) < 4.78 is 13.4. The third-order valence-corrected chi connectivity index (χ3v) is 4.45. The molecule has 0 aliphatic rings. The molecule has 2 aromatic heterocycles. The Bertz CT molecular complexity index is 898. The van der Waals surface area contributed by atoms with Crippen LogP contribution in [0.1, 0.15) is 13.8 Å². The van der Waals surface area contributed by atoms with Gasteiger partial charge in [0.05, 0.1) is 25.1 Å². The van der Waals surface area contributed by atoms with Gasteiger partial charge < -0.3 is 14.0 Å². The SMILES string of the molecule is CCOc1ccc(-c2csc3c(=O)n(C)cnc23)cc1OCC. The van der Waals surface area contributed by atoms with E-state index in [1.165, 1.54) is 15.9 Å². The minimum Gasteiger partial charge on any atom is -0.490 e. The molecule has 0 bridgehead atoms. The van der Waals surface area contributed by atoms with Crippen molar-refractivity contribution < 1.29 is 9.47 Å². The average Bonchev–Trinajstić information content (AvgIpc) is 2.98. The van der Waals surface area contributed by atoms with Gasteiger partial charge in [-0.15, -0.1) is 11.3 Å². The second-order valence-electron chi connectivity index (χ2n) is 5.02. The Hall–Kier alpha value is -2.34. The molecule has 0 spiro atoms. The Morgan fingerprint density at radius 1 is 1.17 bits per heavy atom. The monoisotopic (exact) mass is 330 g/mol. The maximum atomic E-state index is 12.2. The highest BCUT2D eigenvalue weighted by Crippen LogP contribution is 2.36. The van der Waals surface area contributed by atoms with E-state index < -0.39 is 0 Å². The lowest BCUT2D eigenvalue weighted by Crippen LogP contribution is -2.15. The fraction of sp³-hybridized carbons (Fsp3) is 0.294. The average molecular weight is 330 g/mol. The first-order chi connectivity index (χ1) is 11.2. The van der Waals surface area contributed by atoms with Crippen LogP contribution in [0.2, 0.25) is 0 Å². The van der Waals surface area contributed by atoms with E-state index in [0.717, 1.165) is 22.4 Å². The van der Waals surface area contributed by atoms with Gasteiger partial charge in [-0.2, -0.15) is 0 Å². The van der Waals surface area contributed by atoms with Crippen LogP contribution in [0.3, 0.4) is 0 Å². The fourth-order valence-corrected chi connectivity index (χ4v) is 3.41. The number of aromatic nitrogens is 2. The summed E-state index contributed by atoms with van der Waals surface area (Å²) in [5.74, 6) is 1.43. The molecule has 0 fully saturated rings. The lowest BCUT2D eigenvalue weighted by molar-refractivity contribution is 0.288. The van der Waals surface area contributed by atoms with Gasteiger partial charge in [0, 0.05) is 18.0 Å². The molecule has 0 atom stereocenters. The predicted octanol–water partition coefficient (Wildman–Crippen LogP) is 3.46. The quantitative estimate of drug-likeness (QED) is 0.719. The van der Waals surface area contributed by atoms with E-state index in [1.54, 1.807) is 13.4 Å². The van der Waals surface area contributed by atoms with Crippen LogP contribution >= 0.6 is 11.3 Å².